The van der Waals surface area contributed by atoms with Gasteiger partial charge in [0, 0.05) is 31.8 Å². The average Bonchev–Trinajstić information content (AvgIpc) is 2.41. The molecule has 0 aliphatic rings. The van der Waals surface area contributed by atoms with Gasteiger partial charge in [-0.25, -0.2) is 4.79 Å². The Balaban J connectivity index is 3.94. The van der Waals surface area contributed by atoms with Crippen LogP contribution in [0.4, 0.5) is 4.79 Å². The van der Waals surface area contributed by atoms with Crippen LogP contribution in [0.15, 0.2) is 0 Å². The van der Waals surface area contributed by atoms with Gasteiger partial charge in [-0.15, -0.1) is 0 Å². The van der Waals surface area contributed by atoms with Crippen molar-refractivity contribution < 1.29 is 14.7 Å². The summed E-state index contributed by atoms with van der Waals surface area (Å²) in [5, 5.41) is 11.5. The number of carbonyl (C=O) groups is 2. The number of nitrogens with one attached hydrogen (secondary N) is 1. The molecule has 0 aliphatic heterocycles. The second-order valence-corrected chi connectivity index (χ2v) is 6.10. The number of hydrogen-bond donors (Lipinski definition) is 2. The smallest absolute Gasteiger partial charge is 0.317 e. The number of carbonyl (C=O) groups excluding carboxylic acids is 1. The molecule has 2 unspecified atom stereocenters. The van der Waals surface area contributed by atoms with Crippen LogP contribution in [-0.4, -0.2) is 53.6 Å². The summed E-state index contributed by atoms with van der Waals surface area (Å²) in [5.41, 5.74) is 0. The second-order valence-electron chi connectivity index (χ2n) is 5.19. The first kappa shape index (κ1) is 19.1. The molecule has 0 heterocycles. The van der Waals surface area contributed by atoms with Crippen LogP contribution in [0.5, 0.6) is 0 Å². The maximum Gasteiger partial charge on any atom is 0.317 e. The topological polar surface area (TPSA) is 69.6 Å². The van der Waals surface area contributed by atoms with Gasteiger partial charge >= 0.3 is 12.0 Å². The van der Waals surface area contributed by atoms with Crippen molar-refractivity contribution in [2.45, 2.75) is 45.6 Å². The van der Waals surface area contributed by atoms with Gasteiger partial charge in [0.15, 0.2) is 0 Å². The van der Waals surface area contributed by atoms with Gasteiger partial charge in [0.1, 0.15) is 0 Å². The van der Waals surface area contributed by atoms with Crippen molar-refractivity contribution >= 4 is 23.8 Å². The van der Waals surface area contributed by atoms with E-state index in [4.69, 9.17) is 5.11 Å². The lowest BCUT2D eigenvalue weighted by molar-refractivity contribution is -0.137. The molecule has 0 aromatic carbocycles. The lowest BCUT2D eigenvalue weighted by Crippen LogP contribution is -2.44. The molecule has 2 amide bonds. The molecule has 5 nitrogen and oxygen atoms in total. The van der Waals surface area contributed by atoms with E-state index in [-0.39, 0.29) is 18.5 Å². The zero-order valence-electron chi connectivity index (χ0n) is 13.0. The highest BCUT2D eigenvalue weighted by molar-refractivity contribution is 7.98. The molecule has 0 aliphatic carbocycles. The number of nitrogens with zero attached hydrogens (tertiary/aromatic N) is 1. The van der Waals surface area contributed by atoms with Crippen molar-refractivity contribution in [2.24, 2.45) is 5.92 Å². The third-order valence-electron chi connectivity index (χ3n) is 3.46. The van der Waals surface area contributed by atoms with Crippen molar-refractivity contribution in [3.63, 3.8) is 0 Å². The Kier molecular flexibility index (Phi) is 10.3. The minimum absolute atomic E-state index is 0.0451. The van der Waals surface area contributed by atoms with Crippen molar-refractivity contribution in [1.29, 1.82) is 0 Å². The van der Waals surface area contributed by atoms with E-state index in [1.165, 1.54) is 0 Å². The maximum atomic E-state index is 12.0. The fourth-order valence-electron chi connectivity index (χ4n) is 1.93. The summed E-state index contributed by atoms with van der Waals surface area (Å²) in [4.78, 5) is 24.2. The van der Waals surface area contributed by atoms with Crippen LogP contribution in [0.3, 0.4) is 0 Å². The highest BCUT2D eigenvalue weighted by Gasteiger charge is 2.17. The number of urea groups is 1. The van der Waals surface area contributed by atoms with Gasteiger partial charge in [0.25, 0.3) is 0 Å². The third kappa shape index (κ3) is 8.30. The maximum absolute atomic E-state index is 12.0. The summed E-state index contributed by atoms with van der Waals surface area (Å²) in [6.45, 7) is 4.69. The van der Waals surface area contributed by atoms with Crippen LogP contribution in [0.25, 0.3) is 0 Å². The van der Waals surface area contributed by atoms with Gasteiger partial charge in [0.05, 0.1) is 0 Å². The van der Waals surface area contributed by atoms with E-state index in [0.717, 1.165) is 18.6 Å². The molecule has 0 aromatic rings. The first-order chi connectivity index (χ1) is 9.42. The fourth-order valence-corrected chi connectivity index (χ4v) is 2.77. The molecule has 2 N–H and O–H groups in total. The predicted molar refractivity (Wildman–Crippen MR) is 84.3 cm³/mol. The van der Waals surface area contributed by atoms with Crippen molar-refractivity contribution in [3.05, 3.63) is 0 Å². The van der Waals surface area contributed by atoms with E-state index in [2.05, 4.69) is 12.2 Å². The summed E-state index contributed by atoms with van der Waals surface area (Å²) < 4.78 is 0. The van der Waals surface area contributed by atoms with Crippen LogP contribution in [0, 0.1) is 5.92 Å². The van der Waals surface area contributed by atoms with Crippen LogP contribution < -0.4 is 5.32 Å². The third-order valence-corrected chi connectivity index (χ3v) is 4.18. The quantitative estimate of drug-likeness (QED) is 0.651. The van der Waals surface area contributed by atoms with Crippen molar-refractivity contribution in [1.82, 2.24) is 10.2 Å². The van der Waals surface area contributed by atoms with Gasteiger partial charge < -0.3 is 15.3 Å². The summed E-state index contributed by atoms with van der Waals surface area (Å²) in [5.74, 6) is 0.489. The highest BCUT2D eigenvalue weighted by Crippen LogP contribution is 2.10. The van der Waals surface area contributed by atoms with Gasteiger partial charge in [-0.05, 0) is 31.4 Å². The van der Waals surface area contributed by atoms with Gasteiger partial charge in [-0.2, -0.15) is 11.8 Å². The largest absolute Gasteiger partial charge is 0.481 e. The highest BCUT2D eigenvalue weighted by atomic mass is 32.2. The summed E-state index contributed by atoms with van der Waals surface area (Å²) in [6.07, 6.45) is 4.65. The predicted octanol–water partition coefficient (Wildman–Crippen LogP) is 2.66. The van der Waals surface area contributed by atoms with E-state index in [9.17, 15) is 9.59 Å². The molecule has 0 fully saturated rings. The van der Waals surface area contributed by atoms with E-state index in [1.807, 2.05) is 20.2 Å². The first-order valence-corrected chi connectivity index (χ1v) is 8.53. The number of amides is 2. The van der Waals surface area contributed by atoms with Crippen LogP contribution in [0.2, 0.25) is 0 Å². The van der Waals surface area contributed by atoms with Gasteiger partial charge in [-0.1, -0.05) is 13.8 Å². The van der Waals surface area contributed by atoms with Gasteiger partial charge in [-0.3, -0.25) is 4.79 Å². The molecule has 0 bridgehead atoms. The molecule has 0 spiro atoms. The molecule has 20 heavy (non-hydrogen) atoms. The molecule has 0 aromatic heterocycles. The number of thioether (sulfide) groups is 1. The summed E-state index contributed by atoms with van der Waals surface area (Å²) in [7, 11) is 1.83. The second kappa shape index (κ2) is 10.8. The lowest BCUT2D eigenvalue weighted by Gasteiger charge is -2.27. The van der Waals surface area contributed by atoms with Crippen LogP contribution in [0.1, 0.15) is 39.5 Å². The number of aliphatic carboxylic acids is 1. The Hall–Kier alpha value is -0.910. The molecule has 118 valence electrons. The van der Waals surface area contributed by atoms with Crippen LogP contribution >= 0.6 is 11.8 Å². The zero-order valence-corrected chi connectivity index (χ0v) is 13.8. The number of carboxylic acid groups (broad SMARTS) is 1. The van der Waals surface area contributed by atoms with E-state index in [0.29, 0.717) is 18.9 Å². The minimum Gasteiger partial charge on any atom is -0.481 e. The van der Waals surface area contributed by atoms with Crippen molar-refractivity contribution in [3.8, 4) is 0 Å². The SMILES string of the molecule is CCC(CSC)N(C)C(=O)NCCC(C)CCC(=O)O. The Morgan fingerprint density at radius 3 is 2.50 bits per heavy atom. The number of carboxylic acids is 1. The normalized spacial score (nSPS) is 13.6. The average molecular weight is 304 g/mol. The van der Waals surface area contributed by atoms with Crippen molar-refractivity contribution in [2.75, 3.05) is 25.6 Å². The molecule has 2 atom stereocenters. The zero-order chi connectivity index (χ0) is 15.5. The monoisotopic (exact) mass is 304 g/mol. The Labute approximate surface area is 126 Å². The lowest BCUT2D eigenvalue weighted by atomic mass is 10.0. The number of rotatable bonds is 10. The molecule has 0 radical (unpaired) electrons. The molecular weight excluding hydrogens is 276 g/mol. The molecule has 0 saturated carbocycles. The molecule has 0 saturated heterocycles. The molecule has 6 heteroatoms. The Morgan fingerprint density at radius 1 is 1.35 bits per heavy atom. The summed E-state index contributed by atoms with van der Waals surface area (Å²) in [6, 6.07) is 0.214. The van der Waals surface area contributed by atoms with E-state index in [1.54, 1.807) is 16.7 Å². The van der Waals surface area contributed by atoms with Gasteiger partial charge in [0.2, 0.25) is 0 Å². The molecular formula is C14H28N2O3S. The molecule has 0 rings (SSSR count). The van der Waals surface area contributed by atoms with E-state index < -0.39 is 5.97 Å². The fraction of sp³-hybridized carbons (Fsp3) is 0.857. The first-order valence-electron chi connectivity index (χ1n) is 7.13. The Morgan fingerprint density at radius 2 is 2.00 bits per heavy atom. The van der Waals surface area contributed by atoms with Crippen LogP contribution in [-0.2, 0) is 4.79 Å². The minimum atomic E-state index is -0.761. The standard InChI is InChI=1S/C14H28N2O3S/c1-5-12(10-20-4)16(3)14(19)15-9-8-11(2)6-7-13(17)18/h11-12H,5-10H2,1-4H3,(H,15,19)(H,17,18). The number of hydrogen-bond acceptors (Lipinski definition) is 3. The van der Waals surface area contributed by atoms with E-state index >= 15 is 0 Å². The Bertz CT molecular complexity index is 300. The summed E-state index contributed by atoms with van der Waals surface area (Å²) >= 11 is 1.74.